The average Bonchev–Trinajstić information content (AvgIpc) is 3.67. The van der Waals surface area contributed by atoms with E-state index < -0.39 is 22.1 Å². The molecule has 4 heterocycles. The Morgan fingerprint density at radius 3 is 2.49 bits per heavy atom. The summed E-state index contributed by atoms with van der Waals surface area (Å²) in [5.41, 5.74) is 1.54. The summed E-state index contributed by atoms with van der Waals surface area (Å²) in [6, 6.07) is 7.24. The van der Waals surface area contributed by atoms with E-state index in [9.17, 15) is 18.0 Å². The maximum atomic E-state index is 13.3. The van der Waals surface area contributed by atoms with Gasteiger partial charge in [0.2, 0.25) is 11.7 Å². The quantitative estimate of drug-likeness (QED) is 0.363. The molecule has 13 nitrogen and oxygen atoms in total. The lowest BCUT2D eigenvalue weighted by molar-refractivity contribution is 0.0597. The van der Waals surface area contributed by atoms with Crippen molar-refractivity contribution in [3.63, 3.8) is 0 Å². The maximum Gasteiger partial charge on any atom is 0.414 e. The highest BCUT2D eigenvalue weighted by atomic mass is 32.2. The number of carbonyl (C=O) groups is 2. The average molecular weight is 578 g/mol. The monoisotopic (exact) mass is 577 g/mol. The maximum absolute atomic E-state index is 13.3. The van der Waals surface area contributed by atoms with Crippen molar-refractivity contribution < 1.29 is 36.7 Å². The molecule has 0 N–H and O–H groups in total. The standard InChI is InChI=1S/C24H27N5O8S2/c1-15-25-21(26-37-15)16-4-6-17(7-5-16)29-13-18(36-24(29)31)12-27-8-10-28(11-9-27)39(32,33)23-20(34-2)19(14-38-23)22(30)35-3/h4-7,14,18H,8-13H2,1-3H3. The molecule has 0 aliphatic carbocycles. The third-order valence-electron chi connectivity index (χ3n) is 6.53. The number of amides is 1. The van der Waals surface area contributed by atoms with E-state index in [-0.39, 0.29) is 34.7 Å². The number of piperazine rings is 1. The SMILES string of the molecule is COC(=O)c1csc(S(=O)(=O)N2CCN(CC3CN(c4ccc(-c5noc(C)n5)cc4)C(=O)O3)CC2)c1OC. The second kappa shape index (κ2) is 10.9. The molecule has 2 aliphatic heterocycles. The first kappa shape index (κ1) is 27.1. The summed E-state index contributed by atoms with van der Waals surface area (Å²) in [7, 11) is -1.32. The zero-order valence-corrected chi connectivity index (χ0v) is 23.2. The molecule has 1 aromatic carbocycles. The van der Waals surface area contributed by atoms with E-state index in [4.69, 9.17) is 18.7 Å². The fourth-order valence-corrected chi connectivity index (χ4v) is 7.53. The van der Waals surface area contributed by atoms with E-state index in [1.165, 1.54) is 23.9 Å². The number of anilines is 1. The lowest BCUT2D eigenvalue weighted by Crippen LogP contribution is -2.50. The van der Waals surface area contributed by atoms with Crippen LogP contribution < -0.4 is 9.64 Å². The van der Waals surface area contributed by atoms with Gasteiger partial charge in [-0.3, -0.25) is 9.80 Å². The number of ether oxygens (including phenoxy) is 3. The molecule has 1 amide bonds. The van der Waals surface area contributed by atoms with Gasteiger partial charge in [-0.15, -0.1) is 11.3 Å². The Morgan fingerprint density at radius 2 is 1.87 bits per heavy atom. The topological polar surface area (TPSA) is 145 Å². The summed E-state index contributed by atoms with van der Waals surface area (Å²) in [4.78, 5) is 32.4. The van der Waals surface area contributed by atoms with E-state index in [0.29, 0.717) is 43.6 Å². The van der Waals surface area contributed by atoms with E-state index in [2.05, 4.69) is 15.0 Å². The summed E-state index contributed by atoms with van der Waals surface area (Å²) in [6.45, 7) is 3.99. The number of aromatic nitrogens is 2. The molecule has 2 aliphatic rings. The Hall–Kier alpha value is -3.53. The second-order valence-corrected chi connectivity index (χ2v) is 12.0. The Morgan fingerprint density at radius 1 is 1.15 bits per heavy atom. The predicted molar refractivity (Wildman–Crippen MR) is 139 cm³/mol. The summed E-state index contributed by atoms with van der Waals surface area (Å²) in [5.74, 6) is 0.279. The predicted octanol–water partition coefficient (Wildman–Crippen LogP) is 2.23. The van der Waals surface area contributed by atoms with Gasteiger partial charge < -0.3 is 18.7 Å². The van der Waals surface area contributed by atoms with Crippen LogP contribution in [0.4, 0.5) is 10.5 Å². The van der Waals surface area contributed by atoms with Gasteiger partial charge in [-0.25, -0.2) is 18.0 Å². The normalized spacial score (nSPS) is 18.8. The third-order valence-corrected chi connectivity index (χ3v) is 9.90. The van der Waals surface area contributed by atoms with Crippen LogP contribution in [0.3, 0.4) is 0 Å². The lowest BCUT2D eigenvalue weighted by Gasteiger charge is -2.34. The molecule has 0 saturated carbocycles. The van der Waals surface area contributed by atoms with Gasteiger partial charge in [0.1, 0.15) is 11.7 Å². The Kier molecular flexibility index (Phi) is 7.57. The molecule has 15 heteroatoms. The highest BCUT2D eigenvalue weighted by Crippen LogP contribution is 2.37. The van der Waals surface area contributed by atoms with Crippen LogP contribution >= 0.6 is 11.3 Å². The minimum absolute atomic E-state index is 0.00678. The molecular formula is C24H27N5O8S2. The smallest absolute Gasteiger partial charge is 0.414 e. The lowest BCUT2D eigenvalue weighted by atomic mass is 10.2. The summed E-state index contributed by atoms with van der Waals surface area (Å²) in [5, 5.41) is 5.33. The van der Waals surface area contributed by atoms with Crippen LogP contribution in [-0.4, -0.2) is 99.4 Å². The number of hydrogen-bond acceptors (Lipinski definition) is 12. The second-order valence-electron chi connectivity index (χ2n) is 8.97. The number of esters is 1. The fraction of sp³-hybridized carbons (Fsp3) is 0.417. The number of methoxy groups -OCH3 is 2. The third kappa shape index (κ3) is 5.34. The number of cyclic esters (lactones) is 1. The number of sulfonamides is 1. The van der Waals surface area contributed by atoms with Crippen LogP contribution in [0.25, 0.3) is 11.4 Å². The van der Waals surface area contributed by atoms with Gasteiger partial charge in [0.15, 0.2) is 9.96 Å². The van der Waals surface area contributed by atoms with Crippen molar-refractivity contribution in [3.05, 3.63) is 41.1 Å². The summed E-state index contributed by atoms with van der Waals surface area (Å²) in [6.07, 6.45) is -0.796. The number of aryl methyl sites for hydroxylation is 1. The van der Waals surface area contributed by atoms with Crippen LogP contribution in [0.15, 0.2) is 38.4 Å². The molecule has 0 radical (unpaired) electrons. The van der Waals surface area contributed by atoms with Crippen LogP contribution in [0.2, 0.25) is 0 Å². The van der Waals surface area contributed by atoms with Gasteiger partial charge >= 0.3 is 12.1 Å². The number of rotatable bonds is 8. The fourth-order valence-electron chi connectivity index (χ4n) is 4.54. The first-order valence-corrected chi connectivity index (χ1v) is 14.4. The molecule has 1 unspecified atom stereocenters. The number of carbonyl (C=O) groups excluding carboxylic acids is 2. The largest absolute Gasteiger partial charge is 0.494 e. The van der Waals surface area contributed by atoms with Gasteiger partial charge in [-0.05, 0) is 24.3 Å². The van der Waals surface area contributed by atoms with Crippen molar-refractivity contribution in [2.24, 2.45) is 0 Å². The number of hydrogen-bond donors (Lipinski definition) is 0. The van der Waals surface area contributed by atoms with Crippen LogP contribution in [0.5, 0.6) is 5.75 Å². The minimum Gasteiger partial charge on any atom is -0.494 e. The first-order chi connectivity index (χ1) is 18.7. The van der Waals surface area contributed by atoms with Crippen molar-refractivity contribution in [2.75, 3.05) is 58.4 Å². The highest BCUT2D eigenvalue weighted by Gasteiger charge is 2.37. The van der Waals surface area contributed by atoms with Gasteiger partial charge in [-0.1, -0.05) is 5.16 Å². The molecule has 2 fully saturated rings. The van der Waals surface area contributed by atoms with Crippen molar-refractivity contribution in [3.8, 4) is 17.1 Å². The molecule has 5 rings (SSSR count). The molecule has 1 atom stereocenters. The molecule has 208 valence electrons. The summed E-state index contributed by atoms with van der Waals surface area (Å²) >= 11 is 0.927. The van der Waals surface area contributed by atoms with Crippen LogP contribution in [-0.2, 0) is 19.5 Å². The first-order valence-electron chi connectivity index (χ1n) is 12.1. The Labute approximate surface area is 228 Å². The number of nitrogens with zero attached hydrogens (tertiary/aromatic N) is 5. The van der Waals surface area contributed by atoms with Crippen molar-refractivity contribution in [1.82, 2.24) is 19.3 Å². The van der Waals surface area contributed by atoms with E-state index in [0.717, 1.165) is 16.9 Å². The number of benzene rings is 1. The Balaban J connectivity index is 1.18. The minimum atomic E-state index is -3.87. The van der Waals surface area contributed by atoms with Crippen LogP contribution in [0, 0.1) is 6.92 Å². The Bertz CT molecular complexity index is 1460. The molecule has 3 aromatic rings. The van der Waals surface area contributed by atoms with Crippen molar-refractivity contribution >= 4 is 39.1 Å². The molecule has 2 aromatic heterocycles. The molecule has 0 spiro atoms. The van der Waals surface area contributed by atoms with E-state index >= 15 is 0 Å². The zero-order valence-electron chi connectivity index (χ0n) is 21.5. The van der Waals surface area contributed by atoms with Gasteiger partial charge in [-0.2, -0.15) is 9.29 Å². The highest BCUT2D eigenvalue weighted by molar-refractivity contribution is 7.91. The van der Waals surface area contributed by atoms with Gasteiger partial charge in [0.25, 0.3) is 10.0 Å². The summed E-state index contributed by atoms with van der Waals surface area (Å²) < 4.78 is 48.5. The number of thiophene rings is 1. The van der Waals surface area contributed by atoms with Gasteiger partial charge in [0, 0.05) is 56.3 Å². The molecular weight excluding hydrogens is 550 g/mol. The van der Waals surface area contributed by atoms with E-state index in [1.54, 1.807) is 24.0 Å². The zero-order chi connectivity index (χ0) is 27.7. The van der Waals surface area contributed by atoms with Crippen LogP contribution in [0.1, 0.15) is 16.2 Å². The van der Waals surface area contributed by atoms with Crippen molar-refractivity contribution in [2.45, 2.75) is 17.2 Å². The molecule has 39 heavy (non-hydrogen) atoms. The molecule has 0 bridgehead atoms. The van der Waals surface area contributed by atoms with E-state index in [1.807, 2.05) is 12.1 Å². The van der Waals surface area contributed by atoms with Gasteiger partial charge in [0.05, 0.1) is 20.8 Å². The van der Waals surface area contributed by atoms with Crippen molar-refractivity contribution in [1.29, 1.82) is 0 Å². The molecule has 2 saturated heterocycles.